The van der Waals surface area contributed by atoms with Crippen LogP contribution in [0.4, 0.5) is 0 Å². The van der Waals surface area contributed by atoms with Gasteiger partial charge >= 0.3 is 5.97 Å². The number of hydrogen-bond acceptors (Lipinski definition) is 2. The van der Waals surface area contributed by atoms with Crippen molar-refractivity contribution in [2.75, 3.05) is 6.61 Å². The van der Waals surface area contributed by atoms with Crippen LogP contribution in [0, 0.1) is 0 Å². The SMILES string of the molecule is CCOC(=O)/C=C/c1ccc2c(c1)CCC2[NH3+]. The van der Waals surface area contributed by atoms with Crippen LogP contribution >= 0.6 is 0 Å². The molecule has 0 spiro atoms. The van der Waals surface area contributed by atoms with E-state index in [4.69, 9.17) is 4.74 Å². The third-order valence-corrected chi connectivity index (χ3v) is 3.07. The van der Waals surface area contributed by atoms with E-state index in [1.807, 2.05) is 6.07 Å². The van der Waals surface area contributed by atoms with E-state index in [1.54, 1.807) is 13.0 Å². The highest BCUT2D eigenvalue weighted by Gasteiger charge is 2.21. The third kappa shape index (κ3) is 2.74. The van der Waals surface area contributed by atoms with Gasteiger partial charge in [0.1, 0.15) is 6.04 Å². The second kappa shape index (κ2) is 5.15. The molecule has 0 saturated heterocycles. The summed E-state index contributed by atoms with van der Waals surface area (Å²) in [6.07, 6.45) is 5.49. The van der Waals surface area contributed by atoms with E-state index in [2.05, 4.69) is 17.9 Å². The van der Waals surface area contributed by atoms with Gasteiger partial charge in [-0.2, -0.15) is 0 Å². The highest BCUT2D eigenvalue weighted by Crippen LogP contribution is 2.28. The summed E-state index contributed by atoms with van der Waals surface area (Å²) >= 11 is 0. The van der Waals surface area contributed by atoms with E-state index in [0.29, 0.717) is 12.6 Å². The summed E-state index contributed by atoms with van der Waals surface area (Å²) in [6.45, 7) is 2.21. The first-order valence-corrected chi connectivity index (χ1v) is 6.01. The van der Waals surface area contributed by atoms with Crippen molar-refractivity contribution in [2.24, 2.45) is 0 Å². The molecule has 0 bridgehead atoms. The van der Waals surface area contributed by atoms with Crippen molar-refractivity contribution in [1.29, 1.82) is 0 Å². The lowest BCUT2D eigenvalue weighted by atomic mass is 10.0. The molecule has 0 aromatic heterocycles. The molecule has 17 heavy (non-hydrogen) atoms. The molecule has 1 unspecified atom stereocenters. The molecule has 0 heterocycles. The summed E-state index contributed by atoms with van der Waals surface area (Å²) in [6, 6.07) is 6.70. The van der Waals surface area contributed by atoms with Crippen molar-refractivity contribution >= 4 is 12.0 Å². The zero-order valence-corrected chi connectivity index (χ0v) is 10.1. The Labute approximate surface area is 101 Å². The Morgan fingerprint density at radius 2 is 2.41 bits per heavy atom. The summed E-state index contributed by atoms with van der Waals surface area (Å²) in [5.41, 5.74) is 7.87. The lowest BCUT2D eigenvalue weighted by molar-refractivity contribution is -0.425. The fourth-order valence-electron chi connectivity index (χ4n) is 2.18. The van der Waals surface area contributed by atoms with Gasteiger partial charge in [0.05, 0.1) is 6.61 Å². The molecule has 2 rings (SSSR count). The van der Waals surface area contributed by atoms with Gasteiger partial charge in [-0.1, -0.05) is 18.2 Å². The fourth-order valence-corrected chi connectivity index (χ4v) is 2.18. The molecule has 3 heteroatoms. The summed E-state index contributed by atoms with van der Waals surface area (Å²) in [7, 11) is 0. The molecule has 3 N–H and O–H groups in total. The number of carbonyl (C=O) groups is 1. The fraction of sp³-hybridized carbons (Fsp3) is 0.357. The number of rotatable bonds is 3. The first kappa shape index (κ1) is 11.9. The maximum Gasteiger partial charge on any atom is 0.330 e. The van der Waals surface area contributed by atoms with Crippen LogP contribution in [0.5, 0.6) is 0 Å². The van der Waals surface area contributed by atoms with Crippen molar-refractivity contribution in [3.05, 3.63) is 41.0 Å². The standard InChI is InChI=1S/C14H17NO2/c1-2-17-14(16)8-4-10-3-6-12-11(9-10)5-7-13(12)15/h3-4,6,8-9,13H,2,5,7,15H2,1H3/p+1/b8-4+. The lowest BCUT2D eigenvalue weighted by Gasteiger charge is -2.02. The normalized spacial score (nSPS) is 18.4. The number of ether oxygens (including phenoxy) is 1. The van der Waals surface area contributed by atoms with E-state index < -0.39 is 0 Å². The molecule has 0 amide bonds. The predicted octanol–water partition coefficient (Wildman–Crippen LogP) is 1.49. The largest absolute Gasteiger partial charge is 0.463 e. The monoisotopic (exact) mass is 232 g/mol. The Morgan fingerprint density at radius 1 is 1.59 bits per heavy atom. The number of esters is 1. The maximum atomic E-state index is 11.2. The molecule has 1 atom stereocenters. The van der Waals surface area contributed by atoms with Crippen LogP contribution in [0.1, 0.15) is 36.1 Å². The minimum Gasteiger partial charge on any atom is -0.463 e. The zero-order chi connectivity index (χ0) is 12.3. The molecular weight excluding hydrogens is 214 g/mol. The van der Waals surface area contributed by atoms with Crippen LogP contribution in [-0.4, -0.2) is 12.6 Å². The summed E-state index contributed by atoms with van der Waals surface area (Å²) in [5, 5.41) is 0. The van der Waals surface area contributed by atoms with Gasteiger partial charge in [0, 0.05) is 18.1 Å². The van der Waals surface area contributed by atoms with E-state index in [0.717, 1.165) is 18.4 Å². The molecule has 1 aliphatic carbocycles. The average Bonchev–Trinajstić information content (AvgIpc) is 2.69. The Kier molecular flexibility index (Phi) is 3.59. The second-order valence-electron chi connectivity index (χ2n) is 4.28. The molecule has 3 nitrogen and oxygen atoms in total. The average molecular weight is 232 g/mol. The third-order valence-electron chi connectivity index (χ3n) is 3.07. The number of benzene rings is 1. The van der Waals surface area contributed by atoms with Gasteiger partial charge in [0.25, 0.3) is 0 Å². The van der Waals surface area contributed by atoms with E-state index in [1.165, 1.54) is 17.2 Å². The van der Waals surface area contributed by atoms with Gasteiger partial charge in [0.2, 0.25) is 0 Å². The van der Waals surface area contributed by atoms with Gasteiger partial charge in [0.15, 0.2) is 0 Å². The minimum atomic E-state index is -0.289. The molecule has 0 saturated carbocycles. The molecule has 90 valence electrons. The van der Waals surface area contributed by atoms with Crippen LogP contribution in [-0.2, 0) is 16.0 Å². The van der Waals surface area contributed by atoms with Crippen molar-refractivity contribution in [2.45, 2.75) is 25.8 Å². The molecular formula is C14H18NO2+. The highest BCUT2D eigenvalue weighted by atomic mass is 16.5. The van der Waals surface area contributed by atoms with Crippen molar-refractivity contribution < 1.29 is 15.3 Å². The van der Waals surface area contributed by atoms with E-state index >= 15 is 0 Å². The van der Waals surface area contributed by atoms with E-state index in [-0.39, 0.29) is 5.97 Å². The highest BCUT2D eigenvalue weighted by molar-refractivity contribution is 5.87. The molecule has 1 aliphatic rings. The zero-order valence-electron chi connectivity index (χ0n) is 10.1. The van der Waals surface area contributed by atoms with Crippen molar-refractivity contribution in [3.8, 4) is 0 Å². The minimum absolute atomic E-state index is 0.289. The summed E-state index contributed by atoms with van der Waals surface area (Å²) in [5.74, 6) is -0.289. The molecule has 0 fully saturated rings. The second-order valence-corrected chi connectivity index (χ2v) is 4.28. The molecule has 0 radical (unpaired) electrons. The topological polar surface area (TPSA) is 53.9 Å². The van der Waals surface area contributed by atoms with Gasteiger partial charge < -0.3 is 10.5 Å². The first-order valence-electron chi connectivity index (χ1n) is 6.01. The van der Waals surface area contributed by atoms with Crippen LogP contribution in [0.15, 0.2) is 24.3 Å². The maximum absolute atomic E-state index is 11.2. The molecule has 0 aliphatic heterocycles. The quantitative estimate of drug-likeness (QED) is 0.634. The lowest BCUT2D eigenvalue weighted by Crippen LogP contribution is -2.52. The van der Waals surface area contributed by atoms with Gasteiger partial charge in [-0.25, -0.2) is 4.79 Å². The predicted molar refractivity (Wildman–Crippen MR) is 66.1 cm³/mol. The number of aryl methyl sites for hydroxylation is 1. The van der Waals surface area contributed by atoms with Crippen molar-refractivity contribution in [3.63, 3.8) is 0 Å². The van der Waals surface area contributed by atoms with Gasteiger partial charge in [-0.3, -0.25) is 0 Å². The summed E-state index contributed by atoms with van der Waals surface area (Å²) in [4.78, 5) is 11.2. The first-order chi connectivity index (χ1) is 8.20. The Hall–Kier alpha value is -1.61. The van der Waals surface area contributed by atoms with Gasteiger partial charge in [-0.15, -0.1) is 0 Å². The Bertz CT molecular complexity index is 452. The molecule has 1 aromatic carbocycles. The number of quaternary nitrogens is 1. The number of hydrogen-bond donors (Lipinski definition) is 1. The number of fused-ring (bicyclic) bond motifs is 1. The van der Waals surface area contributed by atoms with Crippen molar-refractivity contribution in [1.82, 2.24) is 0 Å². The number of carbonyl (C=O) groups excluding carboxylic acids is 1. The van der Waals surface area contributed by atoms with Crippen LogP contribution < -0.4 is 5.73 Å². The van der Waals surface area contributed by atoms with Gasteiger partial charge in [-0.05, 0) is 30.5 Å². The molecule has 1 aromatic rings. The summed E-state index contributed by atoms with van der Waals surface area (Å²) < 4.78 is 4.84. The Morgan fingerprint density at radius 3 is 3.18 bits per heavy atom. The van der Waals surface area contributed by atoms with Crippen LogP contribution in [0.2, 0.25) is 0 Å². The van der Waals surface area contributed by atoms with Crippen LogP contribution in [0.3, 0.4) is 0 Å². The Balaban J connectivity index is 2.11. The van der Waals surface area contributed by atoms with Crippen LogP contribution in [0.25, 0.3) is 6.08 Å². The smallest absolute Gasteiger partial charge is 0.330 e. The van der Waals surface area contributed by atoms with E-state index in [9.17, 15) is 4.79 Å².